The van der Waals surface area contributed by atoms with E-state index in [0.717, 1.165) is 5.69 Å². The molecule has 0 aromatic carbocycles. The van der Waals surface area contributed by atoms with Crippen LogP contribution in [0.15, 0.2) is 10.9 Å². The van der Waals surface area contributed by atoms with Gasteiger partial charge in [0.25, 0.3) is 0 Å². The van der Waals surface area contributed by atoms with Gasteiger partial charge in [-0.25, -0.2) is 4.98 Å². The molecule has 0 aliphatic heterocycles. The smallest absolute Gasteiger partial charge is 0.0816 e. The molecule has 0 amide bonds. The van der Waals surface area contributed by atoms with E-state index in [1.54, 1.807) is 16.8 Å². The number of thiazole rings is 1. The summed E-state index contributed by atoms with van der Waals surface area (Å²) >= 11 is 6.37. The summed E-state index contributed by atoms with van der Waals surface area (Å²) in [6, 6.07) is 0. The highest BCUT2D eigenvalue weighted by Gasteiger charge is 2.08. The van der Waals surface area contributed by atoms with Crippen molar-refractivity contribution < 1.29 is 0 Å². The monoisotopic (exact) mass is 172 g/mol. The van der Waals surface area contributed by atoms with E-state index in [1.807, 2.05) is 12.3 Å². The summed E-state index contributed by atoms with van der Waals surface area (Å²) in [5.74, 6) is 0.112. The largest absolute Gasteiger partial charge is 0.393 e. The molecule has 0 spiro atoms. The standard InChI is InChI=1S/C6H8N2S2/c1-4(6(7)9)5-2-10-3-8-5/h2-4H,1H3,(H2,7,9). The van der Waals surface area contributed by atoms with Crippen molar-refractivity contribution in [2.75, 3.05) is 0 Å². The third-order valence-corrected chi connectivity index (χ3v) is 2.28. The molecule has 1 heterocycles. The van der Waals surface area contributed by atoms with Crippen LogP contribution in [0.1, 0.15) is 18.5 Å². The SMILES string of the molecule is CC(C(N)=S)c1cscn1. The average Bonchev–Trinajstić information content (AvgIpc) is 2.36. The van der Waals surface area contributed by atoms with E-state index in [1.165, 1.54) is 0 Å². The minimum absolute atomic E-state index is 0.112. The number of nitrogens with zero attached hydrogens (tertiary/aromatic N) is 1. The number of nitrogens with two attached hydrogens (primary N) is 1. The van der Waals surface area contributed by atoms with Gasteiger partial charge < -0.3 is 5.73 Å². The molecule has 0 bridgehead atoms. The van der Waals surface area contributed by atoms with E-state index in [-0.39, 0.29) is 5.92 Å². The van der Waals surface area contributed by atoms with Crippen molar-refractivity contribution in [3.63, 3.8) is 0 Å². The van der Waals surface area contributed by atoms with Gasteiger partial charge in [0.15, 0.2) is 0 Å². The normalized spacial score (nSPS) is 12.9. The summed E-state index contributed by atoms with van der Waals surface area (Å²) in [7, 11) is 0. The van der Waals surface area contributed by atoms with Crippen molar-refractivity contribution >= 4 is 28.5 Å². The summed E-state index contributed by atoms with van der Waals surface area (Å²) in [5, 5.41) is 1.96. The van der Waals surface area contributed by atoms with E-state index in [2.05, 4.69) is 4.98 Å². The van der Waals surface area contributed by atoms with Gasteiger partial charge in [-0.15, -0.1) is 11.3 Å². The van der Waals surface area contributed by atoms with E-state index in [4.69, 9.17) is 18.0 Å². The average molecular weight is 172 g/mol. The van der Waals surface area contributed by atoms with Crippen LogP contribution in [0, 0.1) is 0 Å². The first-order valence-electron chi connectivity index (χ1n) is 2.89. The molecule has 0 radical (unpaired) electrons. The van der Waals surface area contributed by atoms with Crippen molar-refractivity contribution in [1.82, 2.24) is 4.98 Å². The van der Waals surface area contributed by atoms with Crippen LogP contribution >= 0.6 is 23.6 Å². The second-order valence-electron chi connectivity index (χ2n) is 2.04. The molecular weight excluding hydrogens is 164 g/mol. The molecule has 0 aliphatic carbocycles. The van der Waals surface area contributed by atoms with Crippen LogP contribution in [-0.2, 0) is 0 Å². The summed E-state index contributed by atoms with van der Waals surface area (Å²) in [6.07, 6.45) is 0. The third-order valence-electron chi connectivity index (χ3n) is 1.32. The van der Waals surface area contributed by atoms with Crippen molar-refractivity contribution in [2.45, 2.75) is 12.8 Å². The van der Waals surface area contributed by atoms with Crippen molar-refractivity contribution in [3.05, 3.63) is 16.6 Å². The van der Waals surface area contributed by atoms with Crippen LogP contribution in [0.5, 0.6) is 0 Å². The maximum absolute atomic E-state index is 5.42. The Morgan fingerprint density at radius 3 is 3.00 bits per heavy atom. The fourth-order valence-corrected chi connectivity index (χ4v) is 1.35. The number of rotatable bonds is 2. The predicted molar refractivity (Wildman–Crippen MR) is 47.3 cm³/mol. The second kappa shape index (κ2) is 3.07. The molecule has 1 atom stereocenters. The molecule has 0 aliphatic rings. The van der Waals surface area contributed by atoms with Crippen LogP contribution in [-0.4, -0.2) is 9.97 Å². The summed E-state index contributed by atoms with van der Waals surface area (Å²) < 4.78 is 0. The molecule has 2 nitrogen and oxygen atoms in total. The lowest BCUT2D eigenvalue weighted by Gasteiger charge is -2.03. The van der Waals surface area contributed by atoms with Gasteiger partial charge in [0.2, 0.25) is 0 Å². The van der Waals surface area contributed by atoms with Gasteiger partial charge in [0.1, 0.15) is 0 Å². The molecule has 0 fully saturated rings. The Morgan fingerprint density at radius 1 is 1.90 bits per heavy atom. The highest BCUT2D eigenvalue weighted by atomic mass is 32.1. The van der Waals surface area contributed by atoms with E-state index in [0.29, 0.717) is 4.99 Å². The van der Waals surface area contributed by atoms with Crippen LogP contribution in [0.2, 0.25) is 0 Å². The number of thiocarbonyl (C=S) groups is 1. The highest BCUT2D eigenvalue weighted by Crippen LogP contribution is 2.14. The predicted octanol–water partition coefficient (Wildman–Crippen LogP) is 1.53. The molecule has 1 aromatic rings. The lowest BCUT2D eigenvalue weighted by Crippen LogP contribution is -2.16. The second-order valence-corrected chi connectivity index (χ2v) is 3.23. The van der Waals surface area contributed by atoms with E-state index in [9.17, 15) is 0 Å². The van der Waals surface area contributed by atoms with Gasteiger partial charge in [0.05, 0.1) is 16.2 Å². The van der Waals surface area contributed by atoms with Crippen molar-refractivity contribution in [3.8, 4) is 0 Å². The maximum Gasteiger partial charge on any atom is 0.0816 e. The third kappa shape index (κ3) is 1.52. The van der Waals surface area contributed by atoms with Crippen LogP contribution in [0.25, 0.3) is 0 Å². The highest BCUT2D eigenvalue weighted by molar-refractivity contribution is 7.80. The van der Waals surface area contributed by atoms with E-state index < -0.39 is 0 Å². The Hall–Kier alpha value is -0.480. The molecule has 54 valence electrons. The van der Waals surface area contributed by atoms with Gasteiger partial charge in [-0.2, -0.15) is 0 Å². The minimum atomic E-state index is 0.112. The zero-order chi connectivity index (χ0) is 7.56. The van der Waals surface area contributed by atoms with Gasteiger partial charge in [0, 0.05) is 11.3 Å². The quantitative estimate of drug-likeness (QED) is 0.688. The molecule has 1 unspecified atom stereocenters. The van der Waals surface area contributed by atoms with Crippen molar-refractivity contribution in [2.24, 2.45) is 5.73 Å². The minimum Gasteiger partial charge on any atom is -0.393 e. The molecule has 10 heavy (non-hydrogen) atoms. The first-order chi connectivity index (χ1) is 4.72. The Bertz CT molecular complexity index is 218. The lowest BCUT2D eigenvalue weighted by molar-refractivity contribution is 0.973. The molecule has 1 rings (SSSR count). The molecule has 2 N–H and O–H groups in total. The molecule has 1 aromatic heterocycles. The van der Waals surface area contributed by atoms with Crippen molar-refractivity contribution in [1.29, 1.82) is 0 Å². The van der Waals surface area contributed by atoms with E-state index >= 15 is 0 Å². The lowest BCUT2D eigenvalue weighted by atomic mass is 10.1. The number of aromatic nitrogens is 1. The first kappa shape index (κ1) is 7.63. The molecule has 0 saturated carbocycles. The van der Waals surface area contributed by atoms with Gasteiger partial charge in [-0.3, -0.25) is 0 Å². The number of hydrogen-bond acceptors (Lipinski definition) is 3. The zero-order valence-corrected chi connectivity index (χ0v) is 7.21. The molecule has 0 saturated heterocycles. The van der Waals surface area contributed by atoms with Crippen LogP contribution < -0.4 is 5.73 Å². The maximum atomic E-state index is 5.42. The fraction of sp³-hybridized carbons (Fsp3) is 0.333. The Balaban J connectivity index is 2.77. The summed E-state index contributed by atoms with van der Waals surface area (Å²) in [6.45, 7) is 1.96. The summed E-state index contributed by atoms with van der Waals surface area (Å²) in [5.41, 5.74) is 8.18. The van der Waals surface area contributed by atoms with Gasteiger partial charge in [-0.1, -0.05) is 19.1 Å². The Labute approximate surface area is 69.1 Å². The van der Waals surface area contributed by atoms with Crippen LogP contribution in [0.3, 0.4) is 0 Å². The fourth-order valence-electron chi connectivity index (χ4n) is 0.581. The van der Waals surface area contributed by atoms with Gasteiger partial charge >= 0.3 is 0 Å². The summed E-state index contributed by atoms with van der Waals surface area (Å²) in [4.78, 5) is 4.59. The first-order valence-corrected chi connectivity index (χ1v) is 4.24. The Morgan fingerprint density at radius 2 is 2.60 bits per heavy atom. The number of hydrogen-bond donors (Lipinski definition) is 1. The molecular formula is C6H8N2S2. The molecule has 4 heteroatoms. The van der Waals surface area contributed by atoms with Crippen LogP contribution in [0.4, 0.5) is 0 Å². The topological polar surface area (TPSA) is 38.9 Å². The Kier molecular flexibility index (Phi) is 2.34. The zero-order valence-electron chi connectivity index (χ0n) is 5.57. The van der Waals surface area contributed by atoms with Gasteiger partial charge in [-0.05, 0) is 0 Å².